The summed E-state index contributed by atoms with van der Waals surface area (Å²) in [6.45, 7) is 0. The molecule has 0 atom stereocenters. The largest absolute Gasteiger partial charge is 0.456 e. The lowest BCUT2D eigenvalue weighted by atomic mass is 9.90. The molecule has 8 aromatic carbocycles. The molecule has 2 heteroatoms. The topological polar surface area (TPSA) is 16.4 Å². The van der Waals surface area contributed by atoms with Gasteiger partial charge >= 0.3 is 0 Å². The van der Waals surface area contributed by atoms with E-state index in [-0.39, 0.29) is 0 Å². The lowest BCUT2D eigenvalue weighted by molar-refractivity contribution is 0.669. The Hall–Kier alpha value is -6.12. The van der Waals surface area contributed by atoms with Crippen LogP contribution in [0.3, 0.4) is 0 Å². The zero-order valence-electron chi connectivity index (χ0n) is 25.1. The highest BCUT2D eigenvalue weighted by molar-refractivity contribution is 6.08. The van der Waals surface area contributed by atoms with Crippen molar-refractivity contribution in [3.05, 3.63) is 176 Å². The molecule has 0 amide bonds. The second-order valence-corrected chi connectivity index (χ2v) is 11.8. The molecular weight excluding hydrogens is 558 g/mol. The summed E-state index contributed by atoms with van der Waals surface area (Å²) in [6.07, 6.45) is 0. The number of nitrogens with zero attached hydrogens (tertiary/aromatic N) is 1. The lowest BCUT2D eigenvalue weighted by Gasteiger charge is -2.29. The fraction of sp³-hybridized carbons (Fsp3) is 0. The zero-order valence-corrected chi connectivity index (χ0v) is 25.1. The number of hydrogen-bond donors (Lipinski definition) is 0. The van der Waals surface area contributed by atoms with Gasteiger partial charge in [-0.1, -0.05) is 121 Å². The van der Waals surface area contributed by atoms with Gasteiger partial charge in [0.05, 0.1) is 5.69 Å². The highest BCUT2D eigenvalue weighted by Gasteiger charge is 2.21. The van der Waals surface area contributed by atoms with Crippen molar-refractivity contribution < 1.29 is 4.42 Å². The Bertz CT molecular complexity index is 2540. The smallest absolute Gasteiger partial charge is 0.135 e. The van der Waals surface area contributed by atoms with E-state index >= 15 is 0 Å². The van der Waals surface area contributed by atoms with Gasteiger partial charge in [0.2, 0.25) is 0 Å². The molecule has 9 rings (SSSR count). The summed E-state index contributed by atoms with van der Waals surface area (Å²) in [5.41, 5.74) is 9.83. The molecule has 0 spiro atoms. The van der Waals surface area contributed by atoms with Gasteiger partial charge in [0, 0.05) is 27.7 Å². The van der Waals surface area contributed by atoms with Crippen molar-refractivity contribution in [1.82, 2.24) is 0 Å². The SMILES string of the molecule is c1ccc(N(c2ccc3oc4ccccc4c3c2)c2cc3ccccc3cc2-c2ccccc2-c2ccc3ccccc3c2)cc1. The molecule has 0 unspecified atom stereocenters. The van der Waals surface area contributed by atoms with Crippen molar-refractivity contribution in [3.8, 4) is 22.3 Å². The first-order valence-electron chi connectivity index (χ1n) is 15.7. The minimum Gasteiger partial charge on any atom is -0.456 e. The van der Waals surface area contributed by atoms with E-state index in [0.717, 1.165) is 39.0 Å². The van der Waals surface area contributed by atoms with Crippen LogP contribution in [-0.2, 0) is 0 Å². The summed E-state index contributed by atoms with van der Waals surface area (Å²) in [7, 11) is 0. The average Bonchev–Trinajstić information content (AvgIpc) is 3.50. The number of para-hydroxylation sites is 2. The van der Waals surface area contributed by atoms with E-state index in [1.807, 2.05) is 12.1 Å². The van der Waals surface area contributed by atoms with Crippen molar-refractivity contribution in [2.24, 2.45) is 0 Å². The van der Waals surface area contributed by atoms with Crippen molar-refractivity contribution >= 4 is 60.5 Å². The van der Waals surface area contributed by atoms with Gasteiger partial charge in [-0.15, -0.1) is 0 Å². The number of hydrogen-bond acceptors (Lipinski definition) is 2. The average molecular weight is 588 g/mol. The predicted octanol–water partition coefficient (Wildman–Crippen LogP) is 12.7. The van der Waals surface area contributed by atoms with Crippen LogP contribution in [0.15, 0.2) is 180 Å². The molecule has 0 bridgehead atoms. The standard InChI is InChI=1S/C44H29NO/c1-2-16-35(17-3-1)45(36-24-25-44-41(29-36)39-20-10-11-21-43(39)46-44)42-28-33-15-7-6-14-32(33)27-40(42)38-19-9-8-18-37(38)34-23-22-30-12-4-5-13-31(30)26-34/h1-29H. The summed E-state index contributed by atoms with van der Waals surface area (Å²) in [5, 5.41) is 7.10. The Kier molecular flexibility index (Phi) is 6.17. The second kappa shape index (κ2) is 10.8. The lowest BCUT2D eigenvalue weighted by Crippen LogP contribution is -2.11. The van der Waals surface area contributed by atoms with Gasteiger partial charge in [0.1, 0.15) is 11.2 Å². The molecule has 0 radical (unpaired) electrons. The quantitative estimate of drug-likeness (QED) is 0.199. The number of anilines is 3. The third-order valence-corrected chi connectivity index (χ3v) is 9.02. The van der Waals surface area contributed by atoms with Crippen LogP contribution in [0.4, 0.5) is 17.1 Å². The summed E-state index contributed by atoms with van der Waals surface area (Å²) < 4.78 is 6.23. The maximum absolute atomic E-state index is 6.23. The van der Waals surface area contributed by atoms with Crippen molar-refractivity contribution in [1.29, 1.82) is 0 Å². The van der Waals surface area contributed by atoms with Crippen LogP contribution in [0.5, 0.6) is 0 Å². The molecular formula is C44H29NO. The van der Waals surface area contributed by atoms with Gasteiger partial charge in [-0.2, -0.15) is 0 Å². The minimum atomic E-state index is 0.887. The third kappa shape index (κ3) is 4.43. The molecule has 0 aliphatic heterocycles. The predicted molar refractivity (Wildman–Crippen MR) is 194 cm³/mol. The first-order chi connectivity index (χ1) is 22.8. The van der Waals surface area contributed by atoms with Crippen molar-refractivity contribution in [2.45, 2.75) is 0 Å². The van der Waals surface area contributed by atoms with E-state index in [1.54, 1.807) is 0 Å². The molecule has 216 valence electrons. The van der Waals surface area contributed by atoms with Crippen molar-refractivity contribution in [2.75, 3.05) is 4.90 Å². The van der Waals surface area contributed by atoms with Gasteiger partial charge in [-0.25, -0.2) is 0 Å². The van der Waals surface area contributed by atoms with Crippen LogP contribution in [0, 0.1) is 0 Å². The van der Waals surface area contributed by atoms with Gasteiger partial charge in [0.25, 0.3) is 0 Å². The summed E-state index contributed by atoms with van der Waals surface area (Å²) in [5.74, 6) is 0. The summed E-state index contributed by atoms with van der Waals surface area (Å²) >= 11 is 0. The van der Waals surface area contributed by atoms with Gasteiger partial charge in [-0.05, 0) is 92.8 Å². The molecule has 1 heterocycles. The van der Waals surface area contributed by atoms with E-state index in [2.05, 4.69) is 169 Å². The number of rotatable bonds is 5. The molecule has 2 nitrogen and oxygen atoms in total. The first kappa shape index (κ1) is 26.3. The fourth-order valence-electron chi connectivity index (χ4n) is 6.81. The fourth-order valence-corrected chi connectivity index (χ4v) is 6.81. The molecule has 0 aliphatic carbocycles. The van der Waals surface area contributed by atoms with E-state index < -0.39 is 0 Å². The van der Waals surface area contributed by atoms with E-state index in [9.17, 15) is 0 Å². The normalized spacial score (nSPS) is 11.5. The highest BCUT2D eigenvalue weighted by Crippen LogP contribution is 2.46. The Morgan fingerprint density at radius 3 is 1.80 bits per heavy atom. The molecule has 0 aliphatic rings. The van der Waals surface area contributed by atoms with Crippen LogP contribution in [0.1, 0.15) is 0 Å². The van der Waals surface area contributed by atoms with Crippen molar-refractivity contribution in [3.63, 3.8) is 0 Å². The Morgan fingerprint density at radius 1 is 0.348 bits per heavy atom. The molecule has 1 aromatic heterocycles. The van der Waals surface area contributed by atoms with Crippen LogP contribution < -0.4 is 4.90 Å². The highest BCUT2D eigenvalue weighted by atomic mass is 16.3. The molecule has 0 saturated carbocycles. The van der Waals surface area contributed by atoms with Gasteiger partial charge in [-0.3, -0.25) is 0 Å². The summed E-state index contributed by atoms with van der Waals surface area (Å²) in [6, 6.07) is 62.9. The number of fused-ring (bicyclic) bond motifs is 5. The maximum atomic E-state index is 6.23. The number of benzene rings is 8. The van der Waals surface area contributed by atoms with Crippen LogP contribution in [0.2, 0.25) is 0 Å². The first-order valence-corrected chi connectivity index (χ1v) is 15.7. The molecule has 0 fully saturated rings. The van der Waals surface area contributed by atoms with E-state index in [1.165, 1.54) is 43.8 Å². The maximum Gasteiger partial charge on any atom is 0.135 e. The molecule has 0 saturated heterocycles. The zero-order chi connectivity index (χ0) is 30.5. The van der Waals surface area contributed by atoms with Gasteiger partial charge < -0.3 is 9.32 Å². The Morgan fingerprint density at radius 2 is 0.978 bits per heavy atom. The van der Waals surface area contributed by atoms with E-state index in [4.69, 9.17) is 4.42 Å². The Balaban J connectivity index is 1.33. The second-order valence-electron chi connectivity index (χ2n) is 11.8. The van der Waals surface area contributed by atoms with Crippen LogP contribution in [-0.4, -0.2) is 0 Å². The monoisotopic (exact) mass is 587 g/mol. The molecule has 9 aromatic rings. The van der Waals surface area contributed by atoms with Crippen LogP contribution in [0.25, 0.3) is 65.7 Å². The number of furan rings is 1. The third-order valence-electron chi connectivity index (χ3n) is 9.02. The van der Waals surface area contributed by atoms with Crippen LogP contribution >= 0.6 is 0 Å². The molecule has 0 N–H and O–H groups in total. The minimum absolute atomic E-state index is 0.887. The summed E-state index contributed by atoms with van der Waals surface area (Å²) in [4.78, 5) is 2.39. The Labute approximate surface area is 267 Å². The molecule has 46 heavy (non-hydrogen) atoms. The van der Waals surface area contributed by atoms with Gasteiger partial charge in [0.15, 0.2) is 0 Å². The van der Waals surface area contributed by atoms with E-state index in [0.29, 0.717) is 0 Å².